The van der Waals surface area contributed by atoms with Crippen LogP contribution in [0.3, 0.4) is 0 Å². The molecule has 0 bridgehead atoms. The second-order valence-corrected chi connectivity index (χ2v) is 11.5. The summed E-state index contributed by atoms with van der Waals surface area (Å²) in [5, 5.41) is 20.2. The first-order valence-corrected chi connectivity index (χ1v) is 14.8. The summed E-state index contributed by atoms with van der Waals surface area (Å²) in [6, 6.07) is 11.3. The molecule has 218 valence electrons. The van der Waals surface area contributed by atoms with Gasteiger partial charge in [-0.2, -0.15) is 10.4 Å². The molecule has 1 amide bonds. The Bertz CT molecular complexity index is 1750. The predicted octanol–water partition coefficient (Wildman–Crippen LogP) is 4.84. The van der Waals surface area contributed by atoms with Gasteiger partial charge in [-0.15, -0.1) is 0 Å². The number of ketones is 1. The molecule has 0 radical (unpaired) electrons. The van der Waals surface area contributed by atoms with Crippen molar-refractivity contribution in [2.75, 3.05) is 18.5 Å². The molecule has 0 aromatic carbocycles. The molecule has 0 spiro atoms. The van der Waals surface area contributed by atoms with Crippen molar-refractivity contribution in [3.63, 3.8) is 0 Å². The van der Waals surface area contributed by atoms with Crippen LogP contribution in [0.5, 0.6) is 11.6 Å². The van der Waals surface area contributed by atoms with E-state index >= 15 is 0 Å². The van der Waals surface area contributed by atoms with E-state index in [0.29, 0.717) is 82.8 Å². The van der Waals surface area contributed by atoms with E-state index in [4.69, 9.17) is 9.47 Å². The lowest BCUT2D eigenvalue weighted by Crippen LogP contribution is -2.38. The fourth-order valence-corrected chi connectivity index (χ4v) is 5.92. The van der Waals surface area contributed by atoms with E-state index in [0.717, 1.165) is 44.0 Å². The third-order valence-corrected chi connectivity index (χ3v) is 8.42. The fourth-order valence-electron chi connectivity index (χ4n) is 5.92. The standard InChI is InChI=1S/C32H31N7O4/c33-15-20-11-24-7-8-28(39(24)36-16-20)27-14-26(37-23-13-30-32(35-17-23)43-10-9-42-30)25(18-34-27)31(41)38-22-5-1-19(2-6-22)12-29(40)21-3-4-21/h7-8,11,13-14,16-19,21-22H,1-6,9-10,12H2,(H,34,37)(H,38,41). The highest BCUT2D eigenvalue weighted by molar-refractivity contribution is 6.00. The van der Waals surface area contributed by atoms with E-state index in [2.05, 4.69) is 31.8 Å². The molecule has 11 nitrogen and oxygen atoms in total. The maximum Gasteiger partial charge on any atom is 0.257 e. The molecular weight excluding hydrogens is 546 g/mol. The lowest BCUT2D eigenvalue weighted by molar-refractivity contribution is -0.121. The lowest BCUT2D eigenvalue weighted by Gasteiger charge is -2.29. The minimum absolute atomic E-state index is 0.0383. The Kier molecular flexibility index (Phi) is 7.10. The number of nitrogens with zero attached hydrogens (tertiary/aromatic N) is 5. The highest BCUT2D eigenvalue weighted by atomic mass is 16.6. The van der Waals surface area contributed by atoms with Crippen LogP contribution in [0.15, 0.2) is 48.9 Å². The van der Waals surface area contributed by atoms with E-state index in [1.165, 1.54) is 6.20 Å². The molecule has 1 aliphatic heterocycles. The largest absolute Gasteiger partial charge is 0.484 e. The zero-order valence-electron chi connectivity index (χ0n) is 23.6. The molecule has 3 aliphatic rings. The van der Waals surface area contributed by atoms with Crippen LogP contribution in [0.2, 0.25) is 0 Å². The second-order valence-electron chi connectivity index (χ2n) is 11.5. The van der Waals surface area contributed by atoms with Gasteiger partial charge in [-0.3, -0.25) is 14.6 Å². The lowest BCUT2D eigenvalue weighted by atomic mass is 9.82. The van der Waals surface area contributed by atoms with Gasteiger partial charge in [-0.25, -0.2) is 9.50 Å². The van der Waals surface area contributed by atoms with Gasteiger partial charge in [0, 0.05) is 30.6 Å². The Labute approximate surface area is 248 Å². The Morgan fingerprint density at radius 3 is 2.63 bits per heavy atom. The van der Waals surface area contributed by atoms with E-state index < -0.39 is 0 Å². The monoisotopic (exact) mass is 577 g/mol. The van der Waals surface area contributed by atoms with Gasteiger partial charge in [0.1, 0.15) is 25.1 Å². The minimum Gasteiger partial charge on any atom is -0.484 e. The number of fused-ring (bicyclic) bond motifs is 2. The van der Waals surface area contributed by atoms with Crippen LogP contribution in [0, 0.1) is 23.2 Å². The number of nitrogens with one attached hydrogen (secondary N) is 2. The molecule has 2 N–H and O–H groups in total. The van der Waals surface area contributed by atoms with Crippen molar-refractivity contribution in [3.05, 3.63) is 60.0 Å². The van der Waals surface area contributed by atoms with Gasteiger partial charge in [0.2, 0.25) is 0 Å². The smallest absolute Gasteiger partial charge is 0.257 e. The number of rotatable bonds is 8. The number of amides is 1. The number of hydrogen-bond donors (Lipinski definition) is 2. The van der Waals surface area contributed by atoms with Crippen molar-refractivity contribution >= 4 is 28.6 Å². The molecule has 4 aromatic rings. The zero-order chi connectivity index (χ0) is 29.3. The highest BCUT2D eigenvalue weighted by Gasteiger charge is 2.32. The van der Waals surface area contributed by atoms with E-state index in [1.807, 2.05) is 18.2 Å². The number of pyridine rings is 2. The van der Waals surface area contributed by atoms with Crippen LogP contribution in [-0.2, 0) is 4.79 Å². The Hall–Kier alpha value is -4.98. The number of Topliss-reactive ketones (excluding diaryl/α,β-unsaturated/α-hetero) is 1. The average Bonchev–Trinajstić information content (AvgIpc) is 3.81. The summed E-state index contributed by atoms with van der Waals surface area (Å²) in [6.07, 6.45) is 11.1. The topological polar surface area (TPSA) is 144 Å². The molecular formula is C32H31N7O4. The van der Waals surface area contributed by atoms with Crippen LogP contribution in [0.25, 0.3) is 16.9 Å². The predicted molar refractivity (Wildman–Crippen MR) is 157 cm³/mol. The van der Waals surface area contributed by atoms with Crippen LogP contribution in [0.1, 0.15) is 60.9 Å². The number of aromatic nitrogens is 4. The minimum atomic E-state index is -0.221. The molecule has 7 rings (SSSR count). The third kappa shape index (κ3) is 5.73. The molecule has 5 heterocycles. The summed E-state index contributed by atoms with van der Waals surface area (Å²) >= 11 is 0. The number of ether oxygens (including phenoxy) is 2. The first-order valence-electron chi connectivity index (χ1n) is 14.8. The van der Waals surface area contributed by atoms with Crippen LogP contribution in [0.4, 0.5) is 11.4 Å². The van der Waals surface area contributed by atoms with Gasteiger partial charge in [-0.1, -0.05) is 0 Å². The van der Waals surface area contributed by atoms with Crippen LogP contribution >= 0.6 is 0 Å². The van der Waals surface area contributed by atoms with Gasteiger partial charge < -0.3 is 20.1 Å². The Morgan fingerprint density at radius 1 is 0.977 bits per heavy atom. The molecule has 11 heteroatoms. The van der Waals surface area contributed by atoms with Gasteiger partial charge in [-0.05, 0) is 68.7 Å². The number of anilines is 2. The number of carbonyl (C=O) groups excluding carboxylic acids is 2. The number of hydrogen-bond acceptors (Lipinski definition) is 9. The van der Waals surface area contributed by atoms with Crippen molar-refractivity contribution < 1.29 is 19.1 Å². The summed E-state index contributed by atoms with van der Waals surface area (Å²) in [5.41, 5.74) is 4.12. The van der Waals surface area contributed by atoms with Crippen LogP contribution in [-0.4, -0.2) is 50.5 Å². The van der Waals surface area contributed by atoms with Gasteiger partial charge in [0.15, 0.2) is 5.75 Å². The van der Waals surface area contributed by atoms with E-state index in [-0.39, 0.29) is 11.9 Å². The van der Waals surface area contributed by atoms with Crippen molar-refractivity contribution in [1.82, 2.24) is 24.9 Å². The Morgan fingerprint density at radius 2 is 1.81 bits per heavy atom. The second kappa shape index (κ2) is 11.4. The first-order chi connectivity index (χ1) is 21.0. The van der Waals surface area contributed by atoms with Crippen molar-refractivity contribution in [3.8, 4) is 29.1 Å². The maximum atomic E-state index is 13.6. The fraction of sp³-hybridized carbons (Fsp3) is 0.375. The van der Waals surface area contributed by atoms with Crippen molar-refractivity contribution in [2.45, 2.75) is 51.0 Å². The van der Waals surface area contributed by atoms with Gasteiger partial charge >= 0.3 is 0 Å². The molecule has 43 heavy (non-hydrogen) atoms. The summed E-state index contributed by atoms with van der Waals surface area (Å²) in [5.74, 6) is 1.88. The molecule has 2 aliphatic carbocycles. The zero-order valence-corrected chi connectivity index (χ0v) is 23.6. The summed E-state index contributed by atoms with van der Waals surface area (Å²) in [6.45, 7) is 0.878. The summed E-state index contributed by atoms with van der Waals surface area (Å²) in [7, 11) is 0. The SMILES string of the molecule is N#Cc1cnn2c(-c3cc(Nc4cnc5c(c4)OCCO5)c(C(=O)NC4CCC(CC(=O)C5CC5)CC4)cn3)ccc2c1. The highest BCUT2D eigenvalue weighted by Crippen LogP contribution is 2.36. The normalized spacial score (nSPS) is 19.4. The molecule has 2 saturated carbocycles. The molecule has 0 unspecified atom stereocenters. The van der Waals surface area contributed by atoms with Gasteiger partial charge in [0.25, 0.3) is 11.8 Å². The molecule has 0 saturated heterocycles. The average molecular weight is 578 g/mol. The van der Waals surface area contributed by atoms with Gasteiger partial charge in [0.05, 0.1) is 51.8 Å². The van der Waals surface area contributed by atoms with E-state index in [1.54, 1.807) is 29.0 Å². The quantitative estimate of drug-likeness (QED) is 0.301. The van der Waals surface area contributed by atoms with Crippen LogP contribution < -0.4 is 20.1 Å². The van der Waals surface area contributed by atoms with E-state index in [9.17, 15) is 14.9 Å². The maximum absolute atomic E-state index is 13.6. The number of carbonyl (C=O) groups is 2. The Balaban J connectivity index is 1.14. The molecule has 0 atom stereocenters. The first kappa shape index (κ1) is 26.9. The summed E-state index contributed by atoms with van der Waals surface area (Å²) < 4.78 is 13.0. The van der Waals surface area contributed by atoms with Crippen molar-refractivity contribution in [2.24, 2.45) is 11.8 Å². The number of nitriles is 1. The third-order valence-electron chi connectivity index (χ3n) is 8.42. The molecule has 2 fully saturated rings. The van der Waals surface area contributed by atoms with Crippen molar-refractivity contribution in [1.29, 1.82) is 5.26 Å². The summed E-state index contributed by atoms with van der Waals surface area (Å²) in [4.78, 5) is 34.9. The molecule has 4 aromatic heterocycles.